The fourth-order valence-electron chi connectivity index (χ4n) is 14.1. The Kier molecular flexibility index (Phi) is 22.2. The standard InChI is InChI=1S/C68H91N7O10/c1-9-45(4)60(56(84-7)42-58(77)73-39-25-34-54(73)62(85-8)46(5)63(78)70-53(67(82)83)40-47-26-15-10-16-27-47)72(6)66(81)59(44(2)3)71-65(80)61-48-36-37-52(41-48)75(61)57(76)35-23-14-24-38-69-64(79)55-43-74(55)68(49-28-17-11-18-29-49,50-30-19-12-20-31-50)51-32-21-13-22-33-51/h10-13,15-22,26-33,44-46,48,52-56,59-62H,9,14,23-25,34-43H2,1-8H3,(H,69,79)(H,70,78)(H,71,80)(H,82,83)/t45-,46+,48-,52+,53?,54?,55?,56+,59?,60-,61-,62+,74?/m0/s1. The molecule has 5 unspecified atom stereocenters. The molecule has 85 heavy (non-hydrogen) atoms. The molecule has 0 aromatic heterocycles. The number of fused-ring (bicyclic) bond motifs is 2. The lowest BCUT2D eigenvalue weighted by molar-refractivity contribution is -0.149. The first-order valence-corrected chi connectivity index (χ1v) is 31.0. The number of benzene rings is 4. The average molecular weight is 1170 g/mol. The van der Waals surface area contributed by atoms with Crippen LogP contribution >= 0.6 is 0 Å². The summed E-state index contributed by atoms with van der Waals surface area (Å²) >= 11 is 0. The van der Waals surface area contributed by atoms with Gasteiger partial charge in [0.05, 0.1) is 42.2 Å². The second-order valence-electron chi connectivity index (χ2n) is 24.5. The summed E-state index contributed by atoms with van der Waals surface area (Å²) < 4.78 is 12.1. The Balaban J connectivity index is 0.847. The van der Waals surface area contributed by atoms with Crippen LogP contribution in [0.5, 0.6) is 0 Å². The number of nitrogens with zero attached hydrogens (tertiary/aromatic N) is 4. The van der Waals surface area contributed by atoms with E-state index in [9.17, 15) is 38.7 Å². The molecule has 17 heteroatoms. The zero-order valence-electron chi connectivity index (χ0n) is 51.1. The first-order chi connectivity index (χ1) is 41.0. The van der Waals surface area contributed by atoms with Gasteiger partial charge in [-0.15, -0.1) is 0 Å². The molecular weight excluding hydrogens is 1070 g/mol. The van der Waals surface area contributed by atoms with Gasteiger partial charge in [0.15, 0.2) is 0 Å². The molecule has 0 radical (unpaired) electrons. The fraction of sp³-hybridized carbons (Fsp3) is 0.544. The van der Waals surface area contributed by atoms with Crippen LogP contribution < -0.4 is 16.0 Å². The lowest BCUT2D eigenvalue weighted by Gasteiger charge is -2.41. The highest BCUT2D eigenvalue weighted by molar-refractivity contribution is 5.93. The van der Waals surface area contributed by atoms with E-state index in [-0.39, 0.29) is 78.6 Å². The third kappa shape index (κ3) is 14.5. The van der Waals surface area contributed by atoms with Crippen LogP contribution in [-0.4, -0.2) is 162 Å². The van der Waals surface area contributed by atoms with E-state index in [0.717, 1.165) is 47.9 Å². The van der Waals surface area contributed by atoms with Crippen LogP contribution in [-0.2, 0) is 55.0 Å². The highest BCUT2D eigenvalue weighted by Gasteiger charge is 2.56. The predicted molar refractivity (Wildman–Crippen MR) is 326 cm³/mol. The minimum absolute atomic E-state index is 0.0151. The van der Waals surface area contributed by atoms with E-state index in [2.05, 4.69) is 57.2 Å². The van der Waals surface area contributed by atoms with Crippen molar-refractivity contribution >= 4 is 41.4 Å². The zero-order chi connectivity index (χ0) is 61.0. The number of hydrogen-bond acceptors (Lipinski definition) is 10. The summed E-state index contributed by atoms with van der Waals surface area (Å²) in [6.45, 7) is 11.0. The number of carboxylic acid groups (broad SMARTS) is 1. The van der Waals surface area contributed by atoms with Crippen LogP contribution in [0.2, 0.25) is 0 Å². The van der Waals surface area contributed by atoms with Crippen molar-refractivity contribution in [3.8, 4) is 0 Å². The third-order valence-electron chi connectivity index (χ3n) is 18.8. The zero-order valence-corrected chi connectivity index (χ0v) is 51.1. The Morgan fingerprint density at radius 1 is 0.729 bits per heavy atom. The van der Waals surface area contributed by atoms with Crippen LogP contribution in [0.4, 0.5) is 0 Å². The number of hydrogen-bond donors (Lipinski definition) is 4. The molecule has 4 fully saturated rings. The van der Waals surface area contributed by atoms with Gasteiger partial charge in [0.25, 0.3) is 0 Å². The van der Waals surface area contributed by atoms with Crippen molar-refractivity contribution in [1.82, 2.24) is 35.6 Å². The van der Waals surface area contributed by atoms with Gasteiger partial charge < -0.3 is 45.2 Å². The molecule has 3 heterocycles. The van der Waals surface area contributed by atoms with E-state index in [0.29, 0.717) is 51.7 Å². The van der Waals surface area contributed by atoms with Crippen molar-refractivity contribution in [1.29, 1.82) is 0 Å². The monoisotopic (exact) mass is 1170 g/mol. The number of carboxylic acids is 1. The number of carbonyl (C=O) groups excluding carboxylic acids is 6. The molecule has 17 nitrogen and oxygen atoms in total. The van der Waals surface area contributed by atoms with Crippen LogP contribution in [0.3, 0.4) is 0 Å². The third-order valence-corrected chi connectivity index (χ3v) is 18.8. The van der Waals surface area contributed by atoms with E-state index < -0.39 is 65.8 Å². The number of piperidine rings is 1. The number of amides is 6. The van der Waals surface area contributed by atoms with Gasteiger partial charge in [-0.2, -0.15) is 0 Å². The Hall–Kier alpha value is -6.95. The van der Waals surface area contributed by atoms with Gasteiger partial charge in [0.2, 0.25) is 35.4 Å². The van der Waals surface area contributed by atoms with E-state index in [4.69, 9.17) is 9.47 Å². The van der Waals surface area contributed by atoms with Gasteiger partial charge in [0.1, 0.15) is 24.2 Å². The Morgan fingerprint density at radius 3 is 1.88 bits per heavy atom. The molecule has 2 bridgehead atoms. The molecule has 8 rings (SSSR count). The Bertz CT molecular complexity index is 2780. The molecule has 4 aromatic rings. The summed E-state index contributed by atoms with van der Waals surface area (Å²) in [6, 6.07) is 36.0. The first-order valence-electron chi connectivity index (χ1n) is 31.0. The molecule has 4 aromatic carbocycles. The van der Waals surface area contributed by atoms with E-state index >= 15 is 0 Å². The number of methoxy groups -OCH3 is 2. The van der Waals surface area contributed by atoms with Gasteiger partial charge in [-0.25, -0.2) is 4.79 Å². The largest absolute Gasteiger partial charge is 0.480 e. The second-order valence-corrected chi connectivity index (χ2v) is 24.5. The SMILES string of the molecule is CC[C@H](C)[C@@H]([C@@H](CC(=O)N1CCCC1[C@H](OC)[C@@H](C)C(=O)NC(Cc1ccccc1)C(=O)O)OC)N(C)C(=O)C(NC(=O)[C@@H]1[C@H]2CC[C@H](C2)N1C(=O)CCCCCNC(=O)C1CN1C(c1ccccc1)(c1ccccc1)c1ccccc1)C(C)C. The molecular formula is C68H91N7O10. The van der Waals surface area contributed by atoms with Crippen LogP contribution in [0.15, 0.2) is 121 Å². The van der Waals surface area contributed by atoms with Crippen molar-refractivity contribution < 1.29 is 48.1 Å². The Labute approximate surface area is 502 Å². The number of nitrogens with one attached hydrogen (secondary N) is 3. The fourth-order valence-corrected chi connectivity index (χ4v) is 14.1. The number of aliphatic carboxylic acids is 1. The Morgan fingerprint density at radius 2 is 1.33 bits per heavy atom. The van der Waals surface area contributed by atoms with E-state index in [1.54, 1.807) is 28.7 Å². The molecule has 4 aliphatic rings. The number of likely N-dealkylation sites (tertiary alicyclic amines) is 2. The number of likely N-dealkylation sites (N-methyl/N-ethyl adjacent to an activating group) is 1. The van der Waals surface area contributed by atoms with Crippen molar-refractivity contribution in [2.75, 3.05) is 40.9 Å². The lowest BCUT2D eigenvalue weighted by atomic mass is 9.76. The summed E-state index contributed by atoms with van der Waals surface area (Å²) in [5.41, 5.74) is 3.38. The normalized spacial score (nSPS) is 22.4. The van der Waals surface area contributed by atoms with Crippen molar-refractivity contribution in [3.05, 3.63) is 144 Å². The molecule has 1 saturated carbocycles. The summed E-state index contributed by atoms with van der Waals surface area (Å²) in [5.74, 6) is -3.86. The van der Waals surface area contributed by atoms with Crippen LogP contribution in [0, 0.1) is 23.7 Å². The number of carbonyl (C=O) groups is 7. The molecule has 1 aliphatic carbocycles. The summed E-state index contributed by atoms with van der Waals surface area (Å²) in [7, 11) is 4.73. The average Bonchev–Trinajstić information content (AvgIpc) is 2.58. The van der Waals surface area contributed by atoms with Gasteiger partial charge in [-0.3, -0.25) is 33.7 Å². The molecule has 458 valence electrons. The van der Waals surface area contributed by atoms with Gasteiger partial charge in [-0.1, -0.05) is 169 Å². The molecule has 3 aliphatic heterocycles. The molecule has 6 amide bonds. The summed E-state index contributed by atoms with van der Waals surface area (Å²) in [5, 5.41) is 19.0. The maximum atomic E-state index is 14.9. The molecule has 4 N–H and O–H groups in total. The van der Waals surface area contributed by atoms with Crippen molar-refractivity contribution in [2.45, 2.75) is 172 Å². The number of unbranched alkanes of at least 4 members (excludes halogenated alkanes) is 2. The smallest absolute Gasteiger partial charge is 0.326 e. The van der Waals surface area contributed by atoms with Crippen LogP contribution in [0.25, 0.3) is 0 Å². The molecule has 13 atom stereocenters. The highest BCUT2D eigenvalue weighted by atomic mass is 16.5. The number of rotatable bonds is 30. The van der Waals surface area contributed by atoms with Gasteiger partial charge >= 0.3 is 5.97 Å². The minimum atomic E-state index is -1.16. The first kappa shape index (κ1) is 64.1. The molecule has 0 spiro atoms. The lowest BCUT2D eigenvalue weighted by Crippen LogP contribution is -2.60. The quantitative estimate of drug-likeness (QED) is 0.0227. The summed E-state index contributed by atoms with van der Waals surface area (Å²) in [4.78, 5) is 105. The topological polar surface area (TPSA) is 207 Å². The second kappa shape index (κ2) is 29.4. The van der Waals surface area contributed by atoms with E-state index in [1.165, 1.54) is 14.2 Å². The molecule has 3 saturated heterocycles. The maximum Gasteiger partial charge on any atom is 0.326 e. The van der Waals surface area contributed by atoms with Crippen molar-refractivity contribution in [3.63, 3.8) is 0 Å². The van der Waals surface area contributed by atoms with Crippen molar-refractivity contribution in [2.24, 2.45) is 23.7 Å². The highest BCUT2D eigenvalue weighted by Crippen LogP contribution is 2.48. The summed E-state index contributed by atoms with van der Waals surface area (Å²) in [6.07, 6.45) is 5.18. The van der Waals surface area contributed by atoms with Crippen LogP contribution in [0.1, 0.15) is 128 Å². The van der Waals surface area contributed by atoms with E-state index in [1.807, 2.05) is 113 Å². The predicted octanol–water partition coefficient (Wildman–Crippen LogP) is 7.59. The van der Waals surface area contributed by atoms with Gasteiger partial charge in [-0.05, 0) is 85.0 Å². The van der Waals surface area contributed by atoms with Gasteiger partial charge in [0, 0.05) is 59.8 Å². The maximum absolute atomic E-state index is 14.9. The number of ether oxygens (including phenoxy) is 2. The minimum Gasteiger partial charge on any atom is -0.480 e.